The summed E-state index contributed by atoms with van der Waals surface area (Å²) in [5.74, 6) is 0.161. The molecule has 1 saturated heterocycles. The molecule has 0 radical (unpaired) electrons. The van der Waals surface area contributed by atoms with Crippen molar-refractivity contribution in [2.24, 2.45) is 5.73 Å². The minimum absolute atomic E-state index is 0.0414. The molecule has 0 spiro atoms. The zero-order valence-corrected chi connectivity index (χ0v) is 16.0. The minimum atomic E-state index is -0.401. The molecule has 2 aromatic carbocycles. The average molecular weight is 399 g/mol. The molecule has 6 nitrogen and oxygen atoms in total. The SMILES string of the molecule is COc1ccc2c(c1)OC(N)=C1C(=O)N(CCc3ccc(Cl)cc3)C(=O)CC12. The summed E-state index contributed by atoms with van der Waals surface area (Å²) in [6, 6.07) is 12.6. The molecule has 0 saturated carbocycles. The Kier molecular flexibility index (Phi) is 4.73. The van der Waals surface area contributed by atoms with E-state index < -0.39 is 11.8 Å². The van der Waals surface area contributed by atoms with Gasteiger partial charge in [0.2, 0.25) is 5.91 Å². The van der Waals surface area contributed by atoms with Crippen LogP contribution in [0.25, 0.3) is 0 Å². The zero-order chi connectivity index (χ0) is 19.8. The van der Waals surface area contributed by atoms with Crippen LogP contribution in [0.5, 0.6) is 11.5 Å². The van der Waals surface area contributed by atoms with E-state index in [4.69, 9.17) is 26.8 Å². The van der Waals surface area contributed by atoms with Gasteiger partial charge in [0.05, 0.1) is 12.7 Å². The van der Waals surface area contributed by atoms with Crippen molar-refractivity contribution in [3.8, 4) is 11.5 Å². The largest absolute Gasteiger partial charge is 0.497 e. The van der Waals surface area contributed by atoms with Crippen molar-refractivity contribution in [1.82, 2.24) is 4.90 Å². The molecule has 4 rings (SSSR count). The molecule has 144 valence electrons. The lowest BCUT2D eigenvalue weighted by atomic mass is 9.82. The van der Waals surface area contributed by atoms with E-state index in [1.807, 2.05) is 18.2 Å². The first-order valence-electron chi connectivity index (χ1n) is 8.92. The fraction of sp³-hybridized carbons (Fsp3) is 0.238. The summed E-state index contributed by atoms with van der Waals surface area (Å²) in [6.45, 7) is 0.276. The van der Waals surface area contributed by atoms with Crippen molar-refractivity contribution in [2.45, 2.75) is 18.8 Å². The van der Waals surface area contributed by atoms with Gasteiger partial charge in [0, 0.05) is 35.5 Å². The van der Waals surface area contributed by atoms with Gasteiger partial charge in [-0.15, -0.1) is 0 Å². The van der Waals surface area contributed by atoms with Crippen LogP contribution >= 0.6 is 11.6 Å². The third-order valence-electron chi connectivity index (χ3n) is 5.12. The highest BCUT2D eigenvalue weighted by atomic mass is 35.5. The van der Waals surface area contributed by atoms with Crippen molar-refractivity contribution in [3.63, 3.8) is 0 Å². The summed E-state index contributed by atoms with van der Waals surface area (Å²) in [5.41, 5.74) is 8.16. The van der Waals surface area contributed by atoms with E-state index in [2.05, 4.69) is 0 Å². The van der Waals surface area contributed by atoms with Gasteiger partial charge in [0.1, 0.15) is 11.5 Å². The molecule has 2 aliphatic rings. The van der Waals surface area contributed by atoms with Crippen LogP contribution in [0.15, 0.2) is 53.9 Å². The predicted octanol–water partition coefficient (Wildman–Crippen LogP) is 3.00. The van der Waals surface area contributed by atoms with Crippen molar-refractivity contribution >= 4 is 23.4 Å². The van der Waals surface area contributed by atoms with E-state index in [-0.39, 0.29) is 24.8 Å². The van der Waals surface area contributed by atoms with Gasteiger partial charge in [-0.2, -0.15) is 0 Å². The lowest BCUT2D eigenvalue weighted by Crippen LogP contribution is -2.47. The fourth-order valence-corrected chi connectivity index (χ4v) is 3.77. The van der Waals surface area contributed by atoms with Crippen LogP contribution in [0.3, 0.4) is 0 Å². The van der Waals surface area contributed by atoms with Gasteiger partial charge in [-0.3, -0.25) is 14.5 Å². The number of rotatable bonds is 4. The Hall–Kier alpha value is -2.99. The van der Waals surface area contributed by atoms with Crippen LogP contribution in [0.1, 0.15) is 23.5 Å². The van der Waals surface area contributed by atoms with Gasteiger partial charge in [0.15, 0.2) is 5.88 Å². The monoisotopic (exact) mass is 398 g/mol. The summed E-state index contributed by atoms with van der Waals surface area (Å²) in [6.07, 6.45) is 0.715. The number of halogens is 1. The number of hydrogen-bond acceptors (Lipinski definition) is 5. The number of amides is 2. The number of benzene rings is 2. The number of imide groups is 1. The second kappa shape index (κ2) is 7.20. The van der Waals surface area contributed by atoms with Gasteiger partial charge in [-0.05, 0) is 30.2 Å². The van der Waals surface area contributed by atoms with Crippen LogP contribution in [-0.4, -0.2) is 30.4 Å². The molecule has 0 aromatic heterocycles. The molecule has 2 N–H and O–H groups in total. The Morgan fingerprint density at radius 1 is 1.21 bits per heavy atom. The van der Waals surface area contributed by atoms with E-state index in [0.717, 1.165) is 11.1 Å². The van der Waals surface area contributed by atoms with Gasteiger partial charge >= 0.3 is 0 Å². The topological polar surface area (TPSA) is 81.9 Å². The quantitative estimate of drug-likeness (QED) is 0.800. The number of likely N-dealkylation sites (tertiary alicyclic amines) is 1. The smallest absolute Gasteiger partial charge is 0.262 e. The second-order valence-corrected chi connectivity index (χ2v) is 7.20. The summed E-state index contributed by atoms with van der Waals surface area (Å²) in [5, 5.41) is 0.643. The second-order valence-electron chi connectivity index (χ2n) is 6.77. The summed E-state index contributed by atoms with van der Waals surface area (Å²) >= 11 is 5.90. The van der Waals surface area contributed by atoms with E-state index in [0.29, 0.717) is 28.5 Å². The number of nitrogens with two attached hydrogens (primary N) is 1. The number of piperidine rings is 1. The molecule has 0 bridgehead atoms. The molecule has 28 heavy (non-hydrogen) atoms. The number of carbonyl (C=O) groups is 2. The lowest BCUT2D eigenvalue weighted by molar-refractivity contribution is -0.145. The van der Waals surface area contributed by atoms with E-state index >= 15 is 0 Å². The third-order valence-corrected chi connectivity index (χ3v) is 5.37. The Balaban J connectivity index is 1.58. The van der Waals surface area contributed by atoms with Gasteiger partial charge < -0.3 is 15.2 Å². The molecule has 0 aliphatic carbocycles. The molecule has 2 aliphatic heterocycles. The summed E-state index contributed by atoms with van der Waals surface area (Å²) in [4.78, 5) is 27.0. The molecule has 7 heteroatoms. The van der Waals surface area contributed by atoms with Gasteiger partial charge in [0.25, 0.3) is 5.91 Å². The maximum Gasteiger partial charge on any atom is 0.262 e. The first-order chi connectivity index (χ1) is 13.5. The summed E-state index contributed by atoms with van der Waals surface area (Å²) < 4.78 is 10.9. The predicted molar refractivity (Wildman–Crippen MR) is 104 cm³/mol. The lowest BCUT2D eigenvalue weighted by Gasteiger charge is -2.36. The summed E-state index contributed by atoms with van der Waals surface area (Å²) in [7, 11) is 1.56. The van der Waals surface area contributed by atoms with Crippen molar-refractivity contribution in [1.29, 1.82) is 0 Å². The van der Waals surface area contributed by atoms with Crippen LogP contribution < -0.4 is 15.2 Å². The molecule has 2 heterocycles. The maximum atomic E-state index is 13.0. The van der Waals surface area contributed by atoms with Crippen LogP contribution in [0.2, 0.25) is 5.02 Å². The van der Waals surface area contributed by atoms with E-state index in [1.165, 1.54) is 4.90 Å². The molecule has 2 amide bonds. The van der Waals surface area contributed by atoms with Crippen LogP contribution in [0.4, 0.5) is 0 Å². The Morgan fingerprint density at radius 3 is 2.68 bits per heavy atom. The Morgan fingerprint density at radius 2 is 1.96 bits per heavy atom. The van der Waals surface area contributed by atoms with Gasteiger partial charge in [-0.25, -0.2) is 0 Å². The normalized spacial score (nSPS) is 18.5. The number of nitrogens with zero attached hydrogens (tertiary/aromatic N) is 1. The molecular weight excluding hydrogens is 380 g/mol. The van der Waals surface area contributed by atoms with Crippen LogP contribution in [-0.2, 0) is 16.0 Å². The number of methoxy groups -OCH3 is 1. The van der Waals surface area contributed by atoms with Crippen molar-refractivity contribution in [3.05, 3.63) is 70.1 Å². The number of carbonyl (C=O) groups excluding carboxylic acids is 2. The van der Waals surface area contributed by atoms with E-state index in [9.17, 15) is 9.59 Å². The average Bonchev–Trinajstić information content (AvgIpc) is 2.68. The van der Waals surface area contributed by atoms with Crippen LogP contribution in [0, 0.1) is 0 Å². The molecule has 1 atom stereocenters. The van der Waals surface area contributed by atoms with Crippen molar-refractivity contribution < 1.29 is 19.1 Å². The standard InChI is InChI=1S/C21H19ClN2O4/c1-27-14-6-7-15-16-11-18(25)24(9-8-12-2-4-13(22)5-3-12)21(26)19(16)20(23)28-17(15)10-14/h2-7,10,16H,8-9,11,23H2,1H3. The van der Waals surface area contributed by atoms with Crippen molar-refractivity contribution in [2.75, 3.05) is 13.7 Å². The fourth-order valence-electron chi connectivity index (χ4n) is 3.65. The zero-order valence-electron chi connectivity index (χ0n) is 15.3. The first kappa shape index (κ1) is 18.4. The number of fused-ring (bicyclic) bond motifs is 3. The highest BCUT2D eigenvalue weighted by molar-refractivity contribution is 6.30. The number of ether oxygens (including phenoxy) is 2. The molecule has 1 fully saturated rings. The first-order valence-corrected chi connectivity index (χ1v) is 9.30. The highest BCUT2D eigenvalue weighted by Crippen LogP contribution is 2.44. The molecule has 1 unspecified atom stereocenters. The van der Waals surface area contributed by atoms with Gasteiger partial charge in [-0.1, -0.05) is 29.8 Å². The minimum Gasteiger partial charge on any atom is -0.497 e. The Bertz CT molecular complexity index is 984. The maximum absolute atomic E-state index is 13.0. The Labute approximate surface area is 167 Å². The highest BCUT2D eigenvalue weighted by Gasteiger charge is 2.43. The van der Waals surface area contributed by atoms with E-state index in [1.54, 1.807) is 31.4 Å². The molecule has 2 aromatic rings. The number of hydrogen-bond donors (Lipinski definition) is 1. The third kappa shape index (κ3) is 3.20. The molecular formula is C21H19ClN2O4.